The summed E-state index contributed by atoms with van der Waals surface area (Å²) in [7, 11) is 0. The molecule has 1 unspecified atom stereocenters. The number of hydrogen-bond donors (Lipinski definition) is 1. The quantitative estimate of drug-likeness (QED) is 0.483. The van der Waals surface area contributed by atoms with Gasteiger partial charge in [-0.3, -0.25) is 0 Å². The number of hydrogen-bond acceptors (Lipinski definition) is 5. The third kappa shape index (κ3) is 13.5. The van der Waals surface area contributed by atoms with Gasteiger partial charge in [0.2, 0.25) is 0 Å². The van der Waals surface area contributed by atoms with Crippen molar-refractivity contribution in [2.24, 2.45) is 0 Å². The highest BCUT2D eigenvalue weighted by molar-refractivity contribution is 5.71. The molecule has 0 heterocycles. The number of aliphatic carboxylic acids is 1. The van der Waals surface area contributed by atoms with E-state index in [0.29, 0.717) is 33.0 Å². The van der Waals surface area contributed by atoms with E-state index >= 15 is 0 Å². The molecule has 0 rings (SSSR count). The van der Waals surface area contributed by atoms with E-state index < -0.39 is 12.1 Å². The lowest BCUT2D eigenvalue weighted by Crippen LogP contribution is -2.22. The second-order valence-electron chi connectivity index (χ2n) is 4.04. The Hall–Kier alpha value is -0.690. The molecule has 19 heavy (non-hydrogen) atoms. The molecule has 0 spiro atoms. The van der Waals surface area contributed by atoms with E-state index in [9.17, 15) is 4.79 Å². The lowest BCUT2D eigenvalue weighted by molar-refractivity contribution is -0.150. The monoisotopic (exact) mass is 278 g/mol. The molecular weight excluding hydrogens is 252 g/mol. The standard InChI is InChI=1S/C13H26O6/c1-3-4-5-16-6-7-17-8-9-18-10-11-19-12(2)13(14)15/h12H,3-11H2,1-2H3,(H,14,15). The number of carboxylic acid groups (broad SMARTS) is 1. The van der Waals surface area contributed by atoms with Crippen molar-refractivity contribution >= 4 is 5.97 Å². The molecule has 0 aromatic carbocycles. The number of carboxylic acids is 1. The second-order valence-corrected chi connectivity index (χ2v) is 4.04. The first-order valence-electron chi connectivity index (χ1n) is 6.76. The summed E-state index contributed by atoms with van der Waals surface area (Å²) in [6.07, 6.45) is 1.43. The largest absolute Gasteiger partial charge is 0.479 e. The van der Waals surface area contributed by atoms with Crippen LogP contribution in [0.2, 0.25) is 0 Å². The first-order valence-corrected chi connectivity index (χ1v) is 6.76. The van der Waals surface area contributed by atoms with Crippen LogP contribution in [0.1, 0.15) is 26.7 Å². The van der Waals surface area contributed by atoms with E-state index in [1.807, 2.05) is 0 Å². The smallest absolute Gasteiger partial charge is 0.332 e. The van der Waals surface area contributed by atoms with Crippen LogP contribution < -0.4 is 0 Å². The van der Waals surface area contributed by atoms with Gasteiger partial charge in [0.15, 0.2) is 6.10 Å². The van der Waals surface area contributed by atoms with E-state index in [1.54, 1.807) is 0 Å². The molecule has 0 fully saturated rings. The Kier molecular flexibility index (Phi) is 13.2. The van der Waals surface area contributed by atoms with Crippen LogP contribution in [0.3, 0.4) is 0 Å². The van der Waals surface area contributed by atoms with E-state index in [-0.39, 0.29) is 6.61 Å². The van der Waals surface area contributed by atoms with E-state index in [1.165, 1.54) is 6.92 Å². The molecule has 0 radical (unpaired) electrons. The van der Waals surface area contributed by atoms with Crippen molar-refractivity contribution < 1.29 is 28.8 Å². The Bertz CT molecular complexity index is 209. The van der Waals surface area contributed by atoms with Gasteiger partial charge in [-0.1, -0.05) is 13.3 Å². The van der Waals surface area contributed by atoms with Crippen LogP contribution in [-0.4, -0.2) is 63.4 Å². The van der Waals surface area contributed by atoms with Gasteiger partial charge in [-0.25, -0.2) is 4.79 Å². The summed E-state index contributed by atoms with van der Waals surface area (Å²) in [4.78, 5) is 10.4. The zero-order valence-corrected chi connectivity index (χ0v) is 11.9. The maximum atomic E-state index is 10.4. The highest BCUT2D eigenvalue weighted by atomic mass is 16.6. The SMILES string of the molecule is CCCCOCCOCCOCCOC(C)C(=O)O. The molecule has 0 aliphatic heterocycles. The third-order valence-electron chi connectivity index (χ3n) is 2.33. The van der Waals surface area contributed by atoms with Gasteiger partial charge in [-0.15, -0.1) is 0 Å². The van der Waals surface area contributed by atoms with Gasteiger partial charge in [0, 0.05) is 6.61 Å². The van der Waals surface area contributed by atoms with Crippen molar-refractivity contribution in [2.75, 3.05) is 46.2 Å². The molecule has 0 amide bonds. The average molecular weight is 278 g/mol. The maximum Gasteiger partial charge on any atom is 0.332 e. The zero-order chi connectivity index (χ0) is 14.3. The van der Waals surface area contributed by atoms with Crippen molar-refractivity contribution in [1.82, 2.24) is 0 Å². The van der Waals surface area contributed by atoms with Gasteiger partial charge in [0.25, 0.3) is 0 Å². The molecule has 0 saturated heterocycles. The molecule has 1 atom stereocenters. The van der Waals surface area contributed by atoms with E-state index in [2.05, 4.69) is 6.92 Å². The number of ether oxygens (including phenoxy) is 4. The van der Waals surface area contributed by atoms with Gasteiger partial charge >= 0.3 is 5.97 Å². The van der Waals surface area contributed by atoms with Crippen LogP contribution in [0.15, 0.2) is 0 Å². The summed E-state index contributed by atoms with van der Waals surface area (Å²) in [6.45, 7) is 7.20. The Morgan fingerprint density at radius 3 is 1.89 bits per heavy atom. The van der Waals surface area contributed by atoms with Crippen molar-refractivity contribution in [2.45, 2.75) is 32.8 Å². The average Bonchev–Trinajstić information content (AvgIpc) is 2.39. The molecule has 114 valence electrons. The summed E-state index contributed by atoms with van der Waals surface area (Å²) >= 11 is 0. The lowest BCUT2D eigenvalue weighted by Gasteiger charge is -2.09. The molecule has 0 aromatic rings. The highest BCUT2D eigenvalue weighted by Gasteiger charge is 2.09. The molecule has 0 saturated carbocycles. The summed E-state index contributed by atoms with van der Waals surface area (Å²) in [5.41, 5.74) is 0. The minimum Gasteiger partial charge on any atom is -0.479 e. The lowest BCUT2D eigenvalue weighted by atomic mass is 10.4. The predicted octanol–water partition coefficient (Wildman–Crippen LogP) is 1.33. The Morgan fingerprint density at radius 2 is 1.42 bits per heavy atom. The van der Waals surface area contributed by atoms with Gasteiger partial charge in [0.1, 0.15) is 0 Å². The molecule has 6 nitrogen and oxygen atoms in total. The molecule has 6 heteroatoms. The van der Waals surface area contributed by atoms with Crippen molar-refractivity contribution in [1.29, 1.82) is 0 Å². The molecule has 0 bridgehead atoms. The van der Waals surface area contributed by atoms with Crippen LogP contribution in [0.4, 0.5) is 0 Å². The molecule has 1 N–H and O–H groups in total. The number of rotatable bonds is 14. The van der Waals surface area contributed by atoms with Crippen LogP contribution >= 0.6 is 0 Å². The summed E-state index contributed by atoms with van der Waals surface area (Å²) in [5, 5.41) is 8.56. The highest BCUT2D eigenvalue weighted by Crippen LogP contribution is 1.91. The van der Waals surface area contributed by atoms with Gasteiger partial charge in [0.05, 0.1) is 39.6 Å². The van der Waals surface area contributed by atoms with Gasteiger partial charge in [-0.2, -0.15) is 0 Å². The van der Waals surface area contributed by atoms with Crippen LogP contribution in [-0.2, 0) is 23.7 Å². The van der Waals surface area contributed by atoms with Gasteiger partial charge in [-0.05, 0) is 13.3 Å². The summed E-state index contributed by atoms with van der Waals surface area (Å²) in [5.74, 6) is -0.966. The first-order chi connectivity index (χ1) is 9.18. The predicted molar refractivity (Wildman–Crippen MR) is 70.4 cm³/mol. The summed E-state index contributed by atoms with van der Waals surface area (Å²) < 4.78 is 20.8. The fourth-order valence-corrected chi connectivity index (χ4v) is 1.14. The molecular formula is C13H26O6. The third-order valence-corrected chi connectivity index (χ3v) is 2.33. The fraction of sp³-hybridized carbons (Fsp3) is 0.923. The Labute approximate surface area is 115 Å². The number of carbonyl (C=O) groups is 1. The fourth-order valence-electron chi connectivity index (χ4n) is 1.14. The van der Waals surface area contributed by atoms with Crippen LogP contribution in [0, 0.1) is 0 Å². The van der Waals surface area contributed by atoms with Gasteiger partial charge < -0.3 is 24.1 Å². The van der Waals surface area contributed by atoms with Crippen LogP contribution in [0.5, 0.6) is 0 Å². The topological polar surface area (TPSA) is 74.2 Å². The van der Waals surface area contributed by atoms with Crippen molar-refractivity contribution in [3.8, 4) is 0 Å². The Morgan fingerprint density at radius 1 is 0.947 bits per heavy atom. The molecule has 0 aromatic heterocycles. The minimum atomic E-state index is -0.966. The van der Waals surface area contributed by atoms with Crippen molar-refractivity contribution in [3.63, 3.8) is 0 Å². The molecule has 0 aliphatic rings. The Balaban J connectivity index is 3.05. The normalized spacial score (nSPS) is 12.5. The zero-order valence-electron chi connectivity index (χ0n) is 11.9. The van der Waals surface area contributed by atoms with E-state index in [0.717, 1.165) is 19.4 Å². The van der Waals surface area contributed by atoms with Crippen molar-refractivity contribution in [3.05, 3.63) is 0 Å². The van der Waals surface area contributed by atoms with Crippen LogP contribution in [0.25, 0.3) is 0 Å². The minimum absolute atomic E-state index is 0.271. The first kappa shape index (κ1) is 18.3. The number of unbranched alkanes of at least 4 members (excludes halogenated alkanes) is 1. The second kappa shape index (κ2) is 13.7. The molecule has 0 aliphatic carbocycles. The maximum absolute atomic E-state index is 10.4. The van der Waals surface area contributed by atoms with E-state index in [4.69, 9.17) is 24.1 Å². The summed E-state index contributed by atoms with van der Waals surface area (Å²) in [6, 6.07) is 0.